The van der Waals surface area contributed by atoms with Crippen LogP contribution >= 0.6 is 0 Å². The van der Waals surface area contributed by atoms with Crippen molar-refractivity contribution in [3.63, 3.8) is 0 Å². The number of hydrogen-bond acceptors (Lipinski definition) is 7. The summed E-state index contributed by atoms with van der Waals surface area (Å²) in [4.78, 5) is 9.78. The molecule has 2 aromatic rings. The molecule has 0 aliphatic rings. The van der Waals surface area contributed by atoms with E-state index in [2.05, 4.69) is 15.2 Å². The quantitative estimate of drug-likeness (QED) is 0.412. The first-order valence-corrected chi connectivity index (χ1v) is 7.09. The fraction of sp³-hybridized carbons (Fsp3) is 0.100. The average molecular weight is 312 g/mol. The molecule has 0 unspecified atom stereocenters. The SMILES string of the molecule is Cn1nccc1NS(=O)(=O)c1ccc(NN)cc1[N+](=O)[O-]. The molecule has 1 aromatic heterocycles. The van der Waals surface area contributed by atoms with Crippen molar-refractivity contribution < 1.29 is 13.3 Å². The van der Waals surface area contributed by atoms with Gasteiger partial charge >= 0.3 is 0 Å². The van der Waals surface area contributed by atoms with Gasteiger partial charge in [-0.25, -0.2) is 8.42 Å². The maximum Gasteiger partial charge on any atom is 0.291 e. The van der Waals surface area contributed by atoms with Gasteiger partial charge in [0.05, 0.1) is 16.8 Å². The number of nitrogens with two attached hydrogens (primary N) is 1. The van der Waals surface area contributed by atoms with Crippen LogP contribution in [0, 0.1) is 10.1 Å². The third-order valence-corrected chi connectivity index (χ3v) is 4.07. The maximum absolute atomic E-state index is 12.3. The fourth-order valence-corrected chi connectivity index (χ4v) is 2.89. The van der Waals surface area contributed by atoms with Gasteiger partial charge in [0.1, 0.15) is 5.82 Å². The molecule has 0 spiro atoms. The van der Waals surface area contributed by atoms with E-state index in [0.717, 1.165) is 12.1 Å². The first-order chi connectivity index (χ1) is 9.85. The molecule has 21 heavy (non-hydrogen) atoms. The lowest BCUT2D eigenvalue weighted by Gasteiger charge is -2.09. The van der Waals surface area contributed by atoms with E-state index in [1.54, 1.807) is 0 Å². The molecule has 4 N–H and O–H groups in total. The van der Waals surface area contributed by atoms with Crippen molar-refractivity contribution in [1.82, 2.24) is 9.78 Å². The molecule has 0 aliphatic heterocycles. The molecule has 0 aliphatic carbocycles. The Balaban J connectivity index is 2.49. The van der Waals surface area contributed by atoms with Crippen LogP contribution in [0.25, 0.3) is 0 Å². The Labute approximate surface area is 119 Å². The molecule has 0 saturated carbocycles. The Hall–Kier alpha value is -2.66. The van der Waals surface area contributed by atoms with Crippen molar-refractivity contribution in [2.24, 2.45) is 12.9 Å². The van der Waals surface area contributed by atoms with Gasteiger partial charge in [-0.3, -0.25) is 25.4 Å². The van der Waals surface area contributed by atoms with Gasteiger partial charge < -0.3 is 5.43 Å². The molecule has 112 valence electrons. The predicted octanol–water partition coefficient (Wildman–Crippen LogP) is 0.415. The van der Waals surface area contributed by atoms with E-state index >= 15 is 0 Å². The number of nitrogens with one attached hydrogen (secondary N) is 2. The normalized spacial score (nSPS) is 11.1. The van der Waals surface area contributed by atoms with Crippen LogP contribution in [0.1, 0.15) is 0 Å². The van der Waals surface area contributed by atoms with Crippen LogP contribution in [-0.4, -0.2) is 23.1 Å². The predicted molar refractivity (Wildman–Crippen MR) is 74.9 cm³/mol. The summed E-state index contributed by atoms with van der Waals surface area (Å²) in [6.45, 7) is 0. The van der Waals surface area contributed by atoms with E-state index in [4.69, 9.17) is 5.84 Å². The van der Waals surface area contributed by atoms with Crippen molar-refractivity contribution in [1.29, 1.82) is 0 Å². The summed E-state index contributed by atoms with van der Waals surface area (Å²) in [6.07, 6.45) is 1.40. The number of sulfonamides is 1. The fourth-order valence-electron chi connectivity index (χ4n) is 1.64. The smallest absolute Gasteiger partial charge is 0.291 e. The standard InChI is InChI=1S/C10H12N6O4S/c1-15-10(4-5-12-15)14-21(19,20)9-3-2-7(13-11)6-8(9)16(17)18/h2-6,13-14H,11H2,1H3. The zero-order valence-corrected chi connectivity index (χ0v) is 11.7. The van der Waals surface area contributed by atoms with E-state index in [1.807, 2.05) is 0 Å². The van der Waals surface area contributed by atoms with E-state index in [-0.39, 0.29) is 11.5 Å². The second-order valence-corrected chi connectivity index (χ2v) is 5.68. The first kappa shape index (κ1) is 14.7. The van der Waals surface area contributed by atoms with Crippen molar-refractivity contribution >= 4 is 27.2 Å². The van der Waals surface area contributed by atoms with Crippen LogP contribution in [0.3, 0.4) is 0 Å². The van der Waals surface area contributed by atoms with Crippen LogP contribution in [0.4, 0.5) is 17.2 Å². The van der Waals surface area contributed by atoms with Crippen molar-refractivity contribution in [2.45, 2.75) is 4.90 Å². The molecule has 0 saturated heterocycles. The Bertz CT molecular complexity index is 785. The van der Waals surface area contributed by atoms with Gasteiger partial charge in [0.15, 0.2) is 4.90 Å². The number of hydrazine groups is 1. The number of aryl methyl sites for hydroxylation is 1. The van der Waals surface area contributed by atoms with Gasteiger partial charge in [-0.15, -0.1) is 0 Å². The van der Waals surface area contributed by atoms with Gasteiger partial charge in [-0.05, 0) is 12.1 Å². The number of rotatable bonds is 5. The highest BCUT2D eigenvalue weighted by Crippen LogP contribution is 2.28. The topological polar surface area (TPSA) is 145 Å². The molecule has 2 rings (SSSR count). The minimum Gasteiger partial charge on any atom is -0.324 e. The summed E-state index contributed by atoms with van der Waals surface area (Å²) in [5, 5.41) is 14.8. The summed E-state index contributed by atoms with van der Waals surface area (Å²) >= 11 is 0. The van der Waals surface area contributed by atoms with Gasteiger partial charge in [0.25, 0.3) is 15.7 Å². The van der Waals surface area contributed by atoms with Gasteiger partial charge in [0, 0.05) is 19.2 Å². The number of aromatic nitrogens is 2. The number of hydrogen-bond donors (Lipinski definition) is 3. The molecule has 0 amide bonds. The molecule has 11 heteroatoms. The number of anilines is 2. The lowest BCUT2D eigenvalue weighted by atomic mass is 10.3. The molecular weight excluding hydrogens is 300 g/mol. The third kappa shape index (κ3) is 2.93. The second kappa shape index (κ2) is 5.38. The Morgan fingerprint density at radius 1 is 1.38 bits per heavy atom. The number of benzene rings is 1. The van der Waals surface area contributed by atoms with Crippen LogP contribution in [0.15, 0.2) is 35.4 Å². The zero-order chi connectivity index (χ0) is 15.6. The third-order valence-electron chi connectivity index (χ3n) is 2.67. The van der Waals surface area contributed by atoms with Gasteiger partial charge in [-0.1, -0.05) is 0 Å². The van der Waals surface area contributed by atoms with Crippen molar-refractivity contribution in [3.8, 4) is 0 Å². The van der Waals surface area contributed by atoms with Crippen molar-refractivity contribution in [3.05, 3.63) is 40.6 Å². The van der Waals surface area contributed by atoms with Crippen LogP contribution in [-0.2, 0) is 17.1 Å². The molecule has 0 radical (unpaired) electrons. The summed E-state index contributed by atoms with van der Waals surface area (Å²) in [5.74, 6) is 5.34. The maximum atomic E-state index is 12.3. The summed E-state index contributed by atoms with van der Waals surface area (Å²) in [5.41, 5.74) is 1.86. The summed E-state index contributed by atoms with van der Waals surface area (Å²) in [6, 6.07) is 4.90. The van der Waals surface area contributed by atoms with E-state index in [1.165, 1.54) is 30.1 Å². The summed E-state index contributed by atoms with van der Waals surface area (Å²) in [7, 11) is -2.59. The first-order valence-electron chi connectivity index (χ1n) is 5.61. The number of nitro groups is 1. The van der Waals surface area contributed by atoms with Crippen LogP contribution in [0.5, 0.6) is 0 Å². The van der Waals surface area contributed by atoms with E-state index in [9.17, 15) is 18.5 Å². The van der Waals surface area contributed by atoms with Crippen LogP contribution < -0.4 is 16.0 Å². The lowest BCUT2D eigenvalue weighted by molar-refractivity contribution is -0.387. The number of nitrogens with zero attached hydrogens (tertiary/aromatic N) is 3. The largest absolute Gasteiger partial charge is 0.324 e. The Morgan fingerprint density at radius 3 is 2.62 bits per heavy atom. The Morgan fingerprint density at radius 2 is 2.10 bits per heavy atom. The number of nitrogen functional groups attached to an aromatic ring is 1. The molecule has 0 bridgehead atoms. The van der Waals surface area contributed by atoms with Crippen molar-refractivity contribution in [2.75, 3.05) is 10.1 Å². The monoisotopic (exact) mass is 312 g/mol. The van der Waals surface area contributed by atoms with Gasteiger partial charge in [-0.2, -0.15) is 5.10 Å². The minimum absolute atomic E-state index is 0.185. The molecule has 10 nitrogen and oxygen atoms in total. The molecule has 0 fully saturated rings. The zero-order valence-electron chi connectivity index (χ0n) is 10.8. The highest BCUT2D eigenvalue weighted by Gasteiger charge is 2.27. The van der Waals surface area contributed by atoms with E-state index in [0.29, 0.717) is 0 Å². The molecule has 1 heterocycles. The Kier molecular flexibility index (Phi) is 3.78. The van der Waals surface area contributed by atoms with Crippen LogP contribution in [0.2, 0.25) is 0 Å². The van der Waals surface area contributed by atoms with Gasteiger partial charge in [0.2, 0.25) is 0 Å². The average Bonchev–Trinajstić information content (AvgIpc) is 2.82. The minimum atomic E-state index is -4.13. The number of nitro benzene ring substituents is 1. The lowest BCUT2D eigenvalue weighted by Crippen LogP contribution is -2.17. The summed E-state index contributed by atoms with van der Waals surface area (Å²) < 4.78 is 28.1. The van der Waals surface area contributed by atoms with E-state index < -0.39 is 25.5 Å². The molecule has 0 atom stereocenters. The molecule has 1 aromatic carbocycles. The second-order valence-electron chi connectivity index (χ2n) is 4.03. The highest BCUT2D eigenvalue weighted by atomic mass is 32.2. The molecular formula is C10H12N6O4S. The highest BCUT2D eigenvalue weighted by molar-refractivity contribution is 7.92.